The molecular formula is C11H19NO3. The first-order valence-electron chi connectivity index (χ1n) is 5.49. The summed E-state index contributed by atoms with van der Waals surface area (Å²) in [7, 11) is 1.58. The molecule has 1 atom stereocenters. The van der Waals surface area contributed by atoms with Crippen molar-refractivity contribution >= 4 is 5.78 Å². The Balaban J connectivity index is 2.34. The third-order valence-electron chi connectivity index (χ3n) is 4.09. The molecule has 15 heavy (non-hydrogen) atoms. The van der Waals surface area contributed by atoms with Gasteiger partial charge in [-0.05, 0) is 12.8 Å². The van der Waals surface area contributed by atoms with Crippen LogP contribution in [-0.2, 0) is 9.53 Å². The largest absolute Gasteiger partial charge is 0.394 e. The lowest BCUT2D eigenvalue weighted by Gasteiger charge is -2.56. The van der Waals surface area contributed by atoms with Gasteiger partial charge in [0.05, 0.1) is 13.2 Å². The Bertz CT molecular complexity index is 271. The molecule has 3 aliphatic heterocycles. The van der Waals surface area contributed by atoms with E-state index >= 15 is 0 Å². The molecule has 0 spiro atoms. The van der Waals surface area contributed by atoms with Gasteiger partial charge in [0.15, 0.2) is 5.78 Å². The highest BCUT2D eigenvalue weighted by Crippen LogP contribution is 2.44. The molecule has 86 valence electrons. The van der Waals surface area contributed by atoms with Crippen LogP contribution >= 0.6 is 0 Å². The van der Waals surface area contributed by atoms with E-state index in [4.69, 9.17) is 4.74 Å². The SMILES string of the molecule is COC[C@@]1(CO)C(=O)C2(C)CCN1CC2. The van der Waals surface area contributed by atoms with E-state index in [1.54, 1.807) is 7.11 Å². The van der Waals surface area contributed by atoms with Crippen molar-refractivity contribution in [3.63, 3.8) is 0 Å². The molecule has 3 heterocycles. The van der Waals surface area contributed by atoms with E-state index in [9.17, 15) is 9.90 Å². The number of hydrogen-bond acceptors (Lipinski definition) is 4. The molecule has 3 aliphatic rings. The van der Waals surface area contributed by atoms with E-state index in [2.05, 4.69) is 4.90 Å². The molecule has 0 saturated carbocycles. The maximum absolute atomic E-state index is 12.4. The summed E-state index contributed by atoms with van der Waals surface area (Å²) in [5, 5.41) is 9.54. The van der Waals surface area contributed by atoms with Gasteiger partial charge in [-0.2, -0.15) is 0 Å². The summed E-state index contributed by atoms with van der Waals surface area (Å²) in [5.74, 6) is 0.164. The second-order valence-corrected chi connectivity index (χ2v) is 5.00. The lowest BCUT2D eigenvalue weighted by atomic mass is 9.64. The van der Waals surface area contributed by atoms with Gasteiger partial charge in [-0.3, -0.25) is 9.69 Å². The van der Waals surface area contributed by atoms with Crippen LogP contribution in [0.15, 0.2) is 0 Å². The van der Waals surface area contributed by atoms with Gasteiger partial charge in [-0.1, -0.05) is 6.92 Å². The van der Waals surface area contributed by atoms with E-state index in [-0.39, 0.29) is 17.8 Å². The number of carbonyl (C=O) groups is 1. The second kappa shape index (κ2) is 3.54. The number of Topliss-reactive ketones (excluding diaryl/α,β-unsaturated/α-hetero) is 1. The highest BCUT2D eigenvalue weighted by molar-refractivity contribution is 5.95. The van der Waals surface area contributed by atoms with Crippen LogP contribution in [0, 0.1) is 5.41 Å². The molecule has 0 amide bonds. The number of ether oxygens (including phenoxy) is 1. The van der Waals surface area contributed by atoms with Crippen LogP contribution in [0.4, 0.5) is 0 Å². The Kier molecular flexibility index (Phi) is 2.61. The predicted octanol–water partition coefficient (Wildman–Crippen LogP) is 0.0487. The zero-order valence-electron chi connectivity index (χ0n) is 9.45. The molecule has 2 bridgehead atoms. The van der Waals surface area contributed by atoms with Gasteiger partial charge < -0.3 is 9.84 Å². The summed E-state index contributed by atoms with van der Waals surface area (Å²) in [4.78, 5) is 14.5. The normalized spacial score (nSPS) is 44.7. The molecule has 4 heteroatoms. The van der Waals surface area contributed by atoms with Crippen molar-refractivity contribution in [1.82, 2.24) is 4.90 Å². The lowest BCUT2D eigenvalue weighted by Crippen LogP contribution is -2.71. The van der Waals surface area contributed by atoms with Crippen LogP contribution in [0.1, 0.15) is 19.8 Å². The summed E-state index contributed by atoms with van der Waals surface area (Å²) in [6, 6.07) is 0. The zero-order valence-corrected chi connectivity index (χ0v) is 9.45. The maximum atomic E-state index is 12.4. The minimum atomic E-state index is -0.764. The Morgan fingerprint density at radius 2 is 2.07 bits per heavy atom. The van der Waals surface area contributed by atoms with Crippen LogP contribution < -0.4 is 0 Å². The molecule has 4 nitrogen and oxygen atoms in total. The predicted molar refractivity (Wildman–Crippen MR) is 55.6 cm³/mol. The molecular weight excluding hydrogens is 194 g/mol. The third kappa shape index (κ3) is 1.35. The summed E-state index contributed by atoms with van der Waals surface area (Å²) >= 11 is 0. The highest BCUT2D eigenvalue weighted by Gasteiger charge is 2.58. The highest BCUT2D eigenvalue weighted by atomic mass is 16.5. The Morgan fingerprint density at radius 1 is 1.47 bits per heavy atom. The van der Waals surface area contributed by atoms with Gasteiger partial charge in [0.1, 0.15) is 5.54 Å². The number of aliphatic hydroxyl groups is 1. The maximum Gasteiger partial charge on any atom is 0.163 e. The number of methoxy groups -OCH3 is 1. The van der Waals surface area contributed by atoms with Gasteiger partial charge in [-0.25, -0.2) is 0 Å². The number of fused-ring (bicyclic) bond motifs is 3. The van der Waals surface area contributed by atoms with Crippen LogP contribution in [0.5, 0.6) is 0 Å². The molecule has 0 aliphatic carbocycles. The number of carbonyl (C=O) groups excluding carboxylic acids is 1. The second-order valence-electron chi connectivity index (χ2n) is 5.00. The fourth-order valence-corrected chi connectivity index (χ4v) is 2.97. The number of nitrogens with zero attached hydrogens (tertiary/aromatic N) is 1. The lowest BCUT2D eigenvalue weighted by molar-refractivity contribution is -0.169. The molecule has 3 rings (SSSR count). The Morgan fingerprint density at radius 3 is 2.53 bits per heavy atom. The van der Waals surface area contributed by atoms with Gasteiger partial charge >= 0.3 is 0 Å². The summed E-state index contributed by atoms with van der Waals surface area (Å²) in [6.07, 6.45) is 1.83. The summed E-state index contributed by atoms with van der Waals surface area (Å²) in [5.41, 5.74) is -1.00. The van der Waals surface area contributed by atoms with Crippen LogP contribution in [0.3, 0.4) is 0 Å². The first-order valence-corrected chi connectivity index (χ1v) is 5.49. The molecule has 0 aromatic carbocycles. The number of rotatable bonds is 3. The monoisotopic (exact) mass is 213 g/mol. The smallest absolute Gasteiger partial charge is 0.163 e. The quantitative estimate of drug-likeness (QED) is 0.719. The van der Waals surface area contributed by atoms with Gasteiger partial charge in [0.2, 0.25) is 0 Å². The average molecular weight is 213 g/mol. The summed E-state index contributed by atoms with van der Waals surface area (Å²) in [6.45, 7) is 3.98. The molecule has 3 fully saturated rings. The molecule has 3 saturated heterocycles. The van der Waals surface area contributed by atoms with Gasteiger partial charge in [0, 0.05) is 25.6 Å². The van der Waals surface area contributed by atoms with E-state index in [0.29, 0.717) is 6.61 Å². The van der Waals surface area contributed by atoms with Gasteiger partial charge in [0.25, 0.3) is 0 Å². The van der Waals surface area contributed by atoms with E-state index in [1.165, 1.54) is 0 Å². The van der Waals surface area contributed by atoms with E-state index < -0.39 is 5.54 Å². The van der Waals surface area contributed by atoms with Crippen molar-refractivity contribution in [2.24, 2.45) is 5.41 Å². The number of piperidine rings is 3. The van der Waals surface area contributed by atoms with Gasteiger partial charge in [-0.15, -0.1) is 0 Å². The first kappa shape index (κ1) is 11.0. The minimum Gasteiger partial charge on any atom is -0.394 e. The number of ketones is 1. The molecule has 0 unspecified atom stereocenters. The van der Waals surface area contributed by atoms with Crippen molar-refractivity contribution in [3.8, 4) is 0 Å². The standard InChI is InChI=1S/C11H19NO3/c1-10-3-5-12(6-4-10)11(7-13,8-15-2)9(10)14/h13H,3-8H2,1-2H3/t11-/m0/s1. The molecule has 0 aromatic heterocycles. The molecule has 1 N–H and O–H groups in total. The first-order chi connectivity index (χ1) is 7.09. The van der Waals surface area contributed by atoms with Crippen LogP contribution in [0.25, 0.3) is 0 Å². The fraction of sp³-hybridized carbons (Fsp3) is 0.909. The topological polar surface area (TPSA) is 49.8 Å². The zero-order chi connectivity index (χ0) is 11.1. The van der Waals surface area contributed by atoms with Crippen molar-refractivity contribution < 1.29 is 14.6 Å². The van der Waals surface area contributed by atoms with E-state index in [1.807, 2.05) is 6.92 Å². The van der Waals surface area contributed by atoms with Crippen LogP contribution in [0.2, 0.25) is 0 Å². The van der Waals surface area contributed by atoms with Crippen molar-refractivity contribution in [2.75, 3.05) is 33.4 Å². The Hall–Kier alpha value is -0.450. The third-order valence-corrected chi connectivity index (χ3v) is 4.09. The van der Waals surface area contributed by atoms with E-state index in [0.717, 1.165) is 25.9 Å². The average Bonchev–Trinajstić information content (AvgIpc) is 2.25. The minimum absolute atomic E-state index is 0.130. The van der Waals surface area contributed by atoms with Crippen LogP contribution in [-0.4, -0.2) is 54.7 Å². The van der Waals surface area contributed by atoms with Crippen molar-refractivity contribution in [2.45, 2.75) is 25.3 Å². The number of hydrogen-bond donors (Lipinski definition) is 1. The molecule has 0 aromatic rings. The van der Waals surface area contributed by atoms with Crippen molar-refractivity contribution in [1.29, 1.82) is 0 Å². The fourth-order valence-electron chi connectivity index (χ4n) is 2.97. The summed E-state index contributed by atoms with van der Waals surface area (Å²) < 4.78 is 5.12. The van der Waals surface area contributed by atoms with Crippen molar-refractivity contribution in [3.05, 3.63) is 0 Å². The number of aliphatic hydroxyl groups excluding tert-OH is 1. The Labute approximate surface area is 90.2 Å². The molecule has 0 radical (unpaired) electrons.